The van der Waals surface area contributed by atoms with Gasteiger partial charge in [0.25, 0.3) is 11.8 Å². The van der Waals surface area contributed by atoms with Gasteiger partial charge in [-0.3, -0.25) is 29.2 Å². The molecule has 5 rings (SSSR count). The van der Waals surface area contributed by atoms with Crippen molar-refractivity contribution in [1.29, 1.82) is 0 Å². The number of esters is 1. The first kappa shape index (κ1) is 32.6. The quantitative estimate of drug-likeness (QED) is 0.434. The third kappa shape index (κ3) is 7.20. The van der Waals surface area contributed by atoms with E-state index in [1.165, 1.54) is 5.01 Å². The Balaban J connectivity index is 1.53. The maximum absolute atomic E-state index is 14.0. The summed E-state index contributed by atoms with van der Waals surface area (Å²) in [7, 11) is 1.68. The highest BCUT2D eigenvalue weighted by molar-refractivity contribution is 5.92. The van der Waals surface area contributed by atoms with Crippen LogP contribution in [0.15, 0.2) is 36.4 Å². The van der Waals surface area contributed by atoms with Gasteiger partial charge >= 0.3 is 5.97 Å². The van der Waals surface area contributed by atoms with Crippen LogP contribution in [-0.4, -0.2) is 71.6 Å². The molecule has 11 nitrogen and oxygen atoms in total. The summed E-state index contributed by atoms with van der Waals surface area (Å²) in [6.07, 6.45) is 6.33. The first-order chi connectivity index (χ1) is 21.5. The van der Waals surface area contributed by atoms with Crippen molar-refractivity contribution < 1.29 is 28.7 Å². The number of cyclic esters (lactones) is 1. The Kier molecular flexibility index (Phi) is 9.88. The van der Waals surface area contributed by atoms with E-state index >= 15 is 0 Å². The third-order valence-corrected chi connectivity index (χ3v) is 9.30. The second kappa shape index (κ2) is 13.7. The highest BCUT2D eigenvalue weighted by atomic mass is 16.6. The lowest BCUT2D eigenvalue weighted by atomic mass is 9.72. The molecule has 3 amide bonds. The molecule has 45 heavy (non-hydrogen) atoms. The lowest BCUT2D eigenvalue weighted by Gasteiger charge is -2.37. The Bertz CT molecular complexity index is 1470. The molecule has 1 aromatic heterocycles. The van der Waals surface area contributed by atoms with Gasteiger partial charge in [0, 0.05) is 19.0 Å². The second-order valence-electron chi connectivity index (χ2n) is 13.0. The molecule has 1 spiro atoms. The summed E-state index contributed by atoms with van der Waals surface area (Å²) in [5.41, 5.74) is 4.44. The lowest BCUT2D eigenvalue weighted by Crippen LogP contribution is -2.61. The molecule has 242 valence electrons. The van der Waals surface area contributed by atoms with Crippen LogP contribution < -0.4 is 16.1 Å². The molecule has 1 saturated carbocycles. The molecule has 3 heterocycles. The molecule has 1 aromatic carbocycles. The number of benzene rings is 1. The van der Waals surface area contributed by atoms with Gasteiger partial charge in [0.05, 0.1) is 28.8 Å². The van der Waals surface area contributed by atoms with Crippen LogP contribution in [0.25, 0.3) is 17.0 Å². The van der Waals surface area contributed by atoms with E-state index < -0.39 is 35.5 Å². The summed E-state index contributed by atoms with van der Waals surface area (Å²) in [6.45, 7) is 7.48. The molecule has 1 saturated heterocycles. The van der Waals surface area contributed by atoms with Crippen molar-refractivity contribution >= 4 is 40.7 Å². The third-order valence-electron chi connectivity index (χ3n) is 9.30. The fraction of sp³-hybridized carbons (Fsp3) is 0.559. The number of fused-ring (bicyclic) bond motifs is 4. The number of carbonyl (C=O) groups is 4. The number of ether oxygens (including phenoxy) is 2. The van der Waals surface area contributed by atoms with Crippen molar-refractivity contribution in [2.75, 3.05) is 13.7 Å². The van der Waals surface area contributed by atoms with Crippen LogP contribution in [0.1, 0.15) is 83.5 Å². The minimum absolute atomic E-state index is 0.0480. The summed E-state index contributed by atoms with van der Waals surface area (Å²) in [5, 5.41) is 8.14. The van der Waals surface area contributed by atoms with Crippen LogP contribution in [0.4, 0.5) is 0 Å². The smallest absolute Gasteiger partial charge is 0.316 e. The second-order valence-corrected chi connectivity index (χ2v) is 13.0. The molecular formula is C34H45N5O6. The van der Waals surface area contributed by atoms with E-state index in [0.717, 1.165) is 16.5 Å². The van der Waals surface area contributed by atoms with Crippen molar-refractivity contribution in [3.05, 3.63) is 47.7 Å². The number of hydrogen-bond donors (Lipinski definition) is 3. The number of nitrogens with one attached hydrogen (secondary N) is 3. The summed E-state index contributed by atoms with van der Waals surface area (Å²) >= 11 is 0. The number of methoxy groups -OCH3 is 1. The standard InChI is InChI=1S/C34H45N5O6/c1-20(2)29-31(41)36-22(4)32(42)39-18-6-7-27(38-39)30(40)35-21(3)26-11-10-24-9-8-23(19-28(24)37-26)12-15-34(33(43)45-29)16-13-25(44-5)14-17-34/h8-12,15,19-22,25,27,29,38H,6-7,13-14,16-18H2,1-5H3,(H,35,40)(H,36,41)/b15-12-/t21-,22+,25?,27+,29+,34?/m1/s1. The zero-order valence-corrected chi connectivity index (χ0v) is 26.8. The van der Waals surface area contributed by atoms with Crippen molar-refractivity contribution in [1.82, 2.24) is 26.1 Å². The Morgan fingerprint density at radius 2 is 1.69 bits per heavy atom. The molecule has 2 aromatic rings. The molecule has 0 radical (unpaired) electrons. The number of rotatable bonds is 2. The van der Waals surface area contributed by atoms with Crippen molar-refractivity contribution in [2.45, 2.75) is 96.6 Å². The lowest BCUT2D eigenvalue weighted by molar-refractivity contribution is -0.169. The normalized spacial score (nSPS) is 31.1. The van der Waals surface area contributed by atoms with Crippen LogP contribution in [0, 0.1) is 11.3 Å². The molecular weight excluding hydrogens is 574 g/mol. The summed E-state index contributed by atoms with van der Waals surface area (Å²) in [6, 6.07) is 7.90. The molecule has 2 aliphatic heterocycles. The molecule has 3 aliphatic rings. The Hall–Kier alpha value is -3.83. The molecule has 2 fully saturated rings. The van der Waals surface area contributed by atoms with Gasteiger partial charge in [-0.2, -0.15) is 0 Å². The van der Waals surface area contributed by atoms with E-state index in [-0.39, 0.29) is 29.9 Å². The molecule has 11 heteroatoms. The zero-order chi connectivity index (χ0) is 32.3. The number of pyridine rings is 1. The zero-order valence-electron chi connectivity index (χ0n) is 26.8. The van der Waals surface area contributed by atoms with E-state index in [1.807, 2.05) is 63.3 Å². The van der Waals surface area contributed by atoms with Crippen LogP contribution in [0.2, 0.25) is 0 Å². The minimum Gasteiger partial charge on any atom is -0.451 e. The van der Waals surface area contributed by atoms with Crippen LogP contribution >= 0.6 is 0 Å². The number of nitrogens with zero attached hydrogens (tertiary/aromatic N) is 2. The fourth-order valence-corrected chi connectivity index (χ4v) is 6.37. The molecule has 5 bridgehead atoms. The van der Waals surface area contributed by atoms with E-state index in [9.17, 15) is 19.2 Å². The minimum atomic E-state index is -1.09. The van der Waals surface area contributed by atoms with Gasteiger partial charge in [-0.15, -0.1) is 0 Å². The maximum Gasteiger partial charge on any atom is 0.316 e. The van der Waals surface area contributed by atoms with Gasteiger partial charge in [0.1, 0.15) is 12.1 Å². The first-order valence-electron chi connectivity index (χ1n) is 16.0. The number of hydrogen-bond acceptors (Lipinski definition) is 8. The van der Waals surface area contributed by atoms with Gasteiger partial charge in [-0.05, 0) is 76.0 Å². The van der Waals surface area contributed by atoms with E-state index in [4.69, 9.17) is 14.5 Å². The van der Waals surface area contributed by atoms with Gasteiger partial charge in [0.15, 0.2) is 6.10 Å². The van der Waals surface area contributed by atoms with Gasteiger partial charge < -0.3 is 20.1 Å². The summed E-state index contributed by atoms with van der Waals surface area (Å²) in [5.74, 6) is -1.95. The fourth-order valence-electron chi connectivity index (χ4n) is 6.37. The highest BCUT2D eigenvalue weighted by Crippen LogP contribution is 2.41. The van der Waals surface area contributed by atoms with Gasteiger partial charge in [0.2, 0.25) is 5.91 Å². The highest BCUT2D eigenvalue weighted by Gasteiger charge is 2.44. The number of hydrazine groups is 1. The Morgan fingerprint density at radius 3 is 2.40 bits per heavy atom. The monoisotopic (exact) mass is 619 g/mol. The predicted molar refractivity (Wildman–Crippen MR) is 169 cm³/mol. The Labute approximate surface area is 264 Å². The van der Waals surface area contributed by atoms with E-state index in [0.29, 0.717) is 50.8 Å². The summed E-state index contributed by atoms with van der Waals surface area (Å²) < 4.78 is 11.6. The first-order valence-corrected chi connectivity index (χ1v) is 16.0. The van der Waals surface area contributed by atoms with Crippen molar-refractivity contribution in [3.63, 3.8) is 0 Å². The number of carbonyl (C=O) groups excluding carboxylic acids is 4. The SMILES string of the molecule is COC1CCC2(/C=C\c3ccc4ccc(nc4c3)[C@@H](C)NC(=O)[C@@H]3CCCN(N3)C(=O)[C@H](C)NC(=O)[C@H](C(C)C)OC2=O)CC1. The largest absolute Gasteiger partial charge is 0.451 e. The Morgan fingerprint density at radius 1 is 0.978 bits per heavy atom. The number of amides is 3. The predicted octanol–water partition coefficient (Wildman–Crippen LogP) is 3.58. The molecule has 3 N–H and O–H groups in total. The van der Waals surface area contributed by atoms with Gasteiger partial charge in [-0.1, -0.05) is 44.2 Å². The van der Waals surface area contributed by atoms with Crippen LogP contribution in [-0.2, 0) is 28.7 Å². The molecule has 1 aliphatic carbocycles. The average molecular weight is 620 g/mol. The van der Waals surface area contributed by atoms with Crippen LogP contribution in [0.3, 0.4) is 0 Å². The summed E-state index contributed by atoms with van der Waals surface area (Å²) in [4.78, 5) is 59.0. The van der Waals surface area contributed by atoms with Crippen molar-refractivity contribution in [3.8, 4) is 0 Å². The molecule has 4 atom stereocenters. The molecule has 0 unspecified atom stereocenters. The van der Waals surface area contributed by atoms with Gasteiger partial charge in [-0.25, -0.2) is 5.43 Å². The average Bonchev–Trinajstić information content (AvgIpc) is 3.04. The topological polar surface area (TPSA) is 139 Å². The van der Waals surface area contributed by atoms with E-state index in [2.05, 4.69) is 16.1 Å². The van der Waals surface area contributed by atoms with Crippen LogP contribution in [0.5, 0.6) is 0 Å². The van der Waals surface area contributed by atoms with E-state index in [1.54, 1.807) is 14.0 Å². The maximum atomic E-state index is 14.0. The number of aromatic nitrogens is 1. The van der Waals surface area contributed by atoms with Crippen molar-refractivity contribution in [2.24, 2.45) is 11.3 Å².